The lowest BCUT2D eigenvalue weighted by atomic mass is 10.2. The van der Waals surface area contributed by atoms with E-state index in [0.717, 1.165) is 21.1 Å². The quantitative estimate of drug-likeness (QED) is 0.513. The maximum Gasteiger partial charge on any atom is 0.269 e. The number of anilines is 1. The van der Waals surface area contributed by atoms with E-state index >= 15 is 0 Å². The lowest BCUT2D eigenvalue weighted by Crippen LogP contribution is -2.14. The van der Waals surface area contributed by atoms with E-state index in [1.165, 1.54) is 11.3 Å². The number of fused-ring (bicyclic) bond motifs is 2. The molecule has 2 heterocycles. The summed E-state index contributed by atoms with van der Waals surface area (Å²) in [4.78, 5) is 17.5. The summed E-state index contributed by atoms with van der Waals surface area (Å²) in [7, 11) is 1.86. The number of carbonyl (C=O) groups is 1. The molecule has 4 rings (SSSR count). The minimum absolute atomic E-state index is 0.282. The van der Waals surface area contributed by atoms with Gasteiger partial charge in [0.05, 0.1) is 16.1 Å². The average molecular weight is 376 g/mol. The van der Waals surface area contributed by atoms with E-state index in [1.54, 1.807) is 12.1 Å². The van der Waals surface area contributed by atoms with Gasteiger partial charge >= 0.3 is 0 Å². The summed E-state index contributed by atoms with van der Waals surface area (Å²) in [6.45, 7) is 0. The zero-order chi connectivity index (χ0) is 16.8. The fraction of sp³-hybridized carbons (Fsp3) is 0.0588. The molecule has 1 N–H and O–H groups in total. The van der Waals surface area contributed by atoms with Crippen LogP contribution in [0, 0.1) is 0 Å². The van der Waals surface area contributed by atoms with Crippen molar-refractivity contribution in [3.63, 3.8) is 0 Å². The molecule has 0 saturated heterocycles. The summed E-state index contributed by atoms with van der Waals surface area (Å²) in [5.41, 5.74) is 1.77. The van der Waals surface area contributed by atoms with Gasteiger partial charge in [0.15, 0.2) is 0 Å². The lowest BCUT2D eigenvalue weighted by molar-refractivity contribution is 0.102. The maximum absolute atomic E-state index is 12.6. The Labute approximate surface area is 151 Å². The van der Waals surface area contributed by atoms with Crippen LogP contribution in [0.2, 0.25) is 10.0 Å². The van der Waals surface area contributed by atoms with Crippen LogP contribution in [0.4, 0.5) is 5.95 Å². The Morgan fingerprint density at radius 2 is 2.00 bits per heavy atom. The first-order valence-electron chi connectivity index (χ1n) is 7.15. The molecule has 0 aliphatic carbocycles. The molecule has 0 spiro atoms. The molecule has 2 aromatic carbocycles. The summed E-state index contributed by atoms with van der Waals surface area (Å²) in [6, 6.07) is 13.1. The number of para-hydroxylation sites is 2. The van der Waals surface area contributed by atoms with Gasteiger partial charge in [0.1, 0.15) is 4.88 Å². The third kappa shape index (κ3) is 2.45. The number of nitrogens with one attached hydrogen (secondary N) is 1. The van der Waals surface area contributed by atoms with Crippen LogP contribution in [0.15, 0.2) is 42.5 Å². The van der Waals surface area contributed by atoms with Gasteiger partial charge in [-0.15, -0.1) is 11.3 Å². The fourth-order valence-electron chi connectivity index (χ4n) is 2.60. The zero-order valence-electron chi connectivity index (χ0n) is 12.5. The van der Waals surface area contributed by atoms with Crippen LogP contribution >= 0.6 is 34.5 Å². The van der Waals surface area contributed by atoms with Crippen LogP contribution in [0.1, 0.15) is 9.67 Å². The third-order valence-corrected chi connectivity index (χ3v) is 5.70. The Morgan fingerprint density at radius 3 is 2.79 bits per heavy atom. The summed E-state index contributed by atoms with van der Waals surface area (Å²) in [5, 5.41) is 4.71. The first-order chi connectivity index (χ1) is 11.5. The molecule has 0 aliphatic heterocycles. The average Bonchev–Trinajstić information content (AvgIpc) is 3.06. The van der Waals surface area contributed by atoms with Crippen LogP contribution in [-0.4, -0.2) is 15.5 Å². The number of aryl methyl sites for hydroxylation is 1. The molecule has 4 nitrogen and oxygen atoms in total. The van der Waals surface area contributed by atoms with Crippen molar-refractivity contribution < 1.29 is 4.79 Å². The first-order valence-corrected chi connectivity index (χ1v) is 8.72. The van der Waals surface area contributed by atoms with Crippen LogP contribution in [0.3, 0.4) is 0 Å². The number of hydrogen-bond acceptors (Lipinski definition) is 3. The number of halogens is 2. The van der Waals surface area contributed by atoms with Crippen LogP contribution in [0.5, 0.6) is 0 Å². The van der Waals surface area contributed by atoms with Gasteiger partial charge in [-0.05, 0) is 24.3 Å². The van der Waals surface area contributed by atoms with Crippen molar-refractivity contribution in [3.05, 3.63) is 57.4 Å². The summed E-state index contributed by atoms with van der Waals surface area (Å²) < 4.78 is 2.72. The van der Waals surface area contributed by atoms with E-state index in [2.05, 4.69) is 10.3 Å². The highest BCUT2D eigenvalue weighted by Gasteiger charge is 2.19. The molecule has 120 valence electrons. The Bertz CT molecular complexity index is 1100. The van der Waals surface area contributed by atoms with Crippen LogP contribution < -0.4 is 5.32 Å². The van der Waals surface area contributed by atoms with E-state index in [9.17, 15) is 4.79 Å². The standard InChI is InChI=1S/C17H11Cl2N3OS/c1-22-12-5-3-2-4-11(12)20-17(22)21-16(23)15-14(19)10-7-6-9(18)8-13(10)24-15/h2-8H,1H3,(H,20,21,23). The van der Waals surface area contributed by atoms with Crippen molar-refractivity contribution in [2.45, 2.75) is 0 Å². The second-order valence-electron chi connectivity index (χ2n) is 5.32. The Kier molecular flexibility index (Phi) is 3.72. The van der Waals surface area contributed by atoms with Gasteiger partial charge in [0.25, 0.3) is 5.91 Å². The number of imidazole rings is 1. The van der Waals surface area contributed by atoms with Crippen molar-refractivity contribution in [3.8, 4) is 0 Å². The highest BCUT2D eigenvalue weighted by molar-refractivity contribution is 7.21. The second-order valence-corrected chi connectivity index (χ2v) is 7.19. The van der Waals surface area contributed by atoms with E-state index in [0.29, 0.717) is 20.9 Å². The SMILES string of the molecule is Cn1c(NC(=O)c2sc3cc(Cl)ccc3c2Cl)nc2ccccc21. The predicted octanol–water partition coefficient (Wildman–Crippen LogP) is 5.35. The molecular formula is C17H11Cl2N3OS. The predicted molar refractivity (Wildman–Crippen MR) is 101 cm³/mol. The Balaban J connectivity index is 1.73. The zero-order valence-corrected chi connectivity index (χ0v) is 14.8. The van der Waals surface area contributed by atoms with Gasteiger partial charge in [-0.3, -0.25) is 10.1 Å². The van der Waals surface area contributed by atoms with Gasteiger partial charge in [0.2, 0.25) is 5.95 Å². The number of thiophene rings is 1. The Morgan fingerprint density at radius 1 is 1.21 bits per heavy atom. The highest BCUT2D eigenvalue weighted by Crippen LogP contribution is 2.37. The monoisotopic (exact) mass is 375 g/mol. The number of amides is 1. The van der Waals surface area contributed by atoms with Gasteiger partial charge < -0.3 is 4.57 Å². The Hall–Kier alpha value is -2.08. The largest absolute Gasteiger partial charge is 0.313 e. The number of rotatable bonds is 2. The molecule has 1 amide bonds. The second kappa shape index (κ2) is 5.77. The molecule has 2 aromatic heterocycles. The molecule has 7 heteroatoms. The third-order valence-electron chi connectivity index (χ3n) is 3.81. The highest BCUT2D eigenvalue weighted by atomic mass is 35.5. The number of benzene rings is 2. The molecule has 0 unspecified atom stereocenters. The van der Waals surface area contributed by atoms with Crippen molar-refractivity contribution in [1.29, 1.82) is 0 Å². The minimum Gasteiger partial charge on any atom is -0.313 e. The van der Waals surface area contributed by atoms with E-state index in [4.69, 9.17) is 23.2 Å². The number of hydrogen-bond donors (Lipinski definition) is 1. The number of carbonyl (C=O) groups excluding carboxylic acids is 1. The molecule has 0 saturated carbocycles. The summed E-state index contributed by atoms with van der Waals surface area (Å²) in [6.07, 6.45) is 0. The van der Waals surface area contributed by atoms with Crippen LogP contribution in [0.25, 0.3) is 21.1 Å². The van der Waals surface area contributed by atoms with Crippen molar-refractivity contribution in [1.82, 2.24) is 9.55 Å². The maximum atomic E-state index is 12.6. The van der Waals surface area contributed by atoms with Gasteiger partial charge in [-0.25, -0.2) is 4.98 Å². The van der Waals surface area contributed by atoms with E-state index in [1.807, 2.05) is 41.9 Å². The molecule has 4 aromatic rings. The molecule has 0 fully saturated rings. The molecule has 0 aliphatic rings. The van der Waals surface area contributed by atoms with Crippen LogP contribution in [-0.2, 0) is 7.05 Å². The van der Waals surface area contributed by atoms with E-state index in [-0.39, 0.29) is 5.91 Å². The van der Waals surface area contributed by atoms with Gasteiger partial charge in [0, 0.05) is 22.2 Å². The number of aromatic nitrogens is 2. The minimum atomic E-state index is -0.282. The van der Waals surface area contributed by atoms with Crippen molar-refractivity contribution in [2.75, 3.05) is 5.32 Å². The topological polar surface area (TPSA) is 46.9 Å². The van der Waals surface area contributed by atoms with Crippen molar-refractivity contribution >= 4 is 67.5 Å². The summed E-state index contributed by atoms with van der Waals surface area (Å²) >= 11 is 13.7. The van der Waals surface area contributed by atoms with E-state index < -0.39 is 0 Å². The summed E-state index contributed by atoms with van der Waals surface area (Å²) in [5.74, 6) is 0.198. The normalized spacial score (nSPS) is 11.3. The number of nitrogens with zero attached hydrogens (tertiary/aromatic N) is 2. The molecule has 0 radical (unpaired) electrons. The lowest BCUT2D eigenvalue weighted by Gasteiger charge is -2.04. The molecule has 24 heavy (non-hydrogen) atoms. The first kappa shape index (κ1) is 15.4. The van der Waals surface area contributed by atoms with Gasteiger partial charge in [-0.1, -0.05) is 41.4 Å². The van der Waals surface area contributed by atoms with Crippen molar-refractivity contribution in [2.24, 2.45) is 7.05 Å². The smallest absolute Gasteiger partial charge is 0.269 e. The molecule has 0 atom stereocenters. The molecule has 0 bridgehead atoms. The fourth-order valence-corrected chi connectivity index (χ4v) is 4.29. The molecular weight excluding hydrogens is 365 g/mol. The van der Waals surface area contributed by atoms with Gasteiger partial charge in [-0.2, -0.15) is 0 Å².